The summed E-state index contributed by atoms with van der Waals surface area (Å²) in [6, 6.07) is 12.0. The van der Waals surface area contributed by atoms with Gasteiger partial charge < -0.3 is 37.6 Å². The van der Waals surface area contributed by atoms with Gasteiger partial charge in [0.05, 0.1) is 11.9 Å². The number of benzene rings is 2. The van der Waals surface area contributed by atoms with Crippen molar-refractivity contribution in [2.45, 2.75) is 90.4 Å². The number of hydrogen-bond acceptors (Lipinski definition) is 9. The number of nitrogens with two attached hydrogens (primary N) is 2. The van der Waals surface area contributed by atoms with Crippen LogP contribution in [-0.4, -0.2) is 74.8 Å². The second kappa shape index (κ2) is 23.6. The summed E-state index contributed by atoms with van der Waals surface area (Å²) >= 11 is 0. The number of nitrogens with one attached hydrogen (secondary N) is 4. The molecule has 1 aliphatic rings. The van der Waals surface area contributed by atoms with E-state index in [1.165, 1.54) is 23.6 Å². The van der Waals surface area contributed by atoms with Crippen molar-refractivity contribution in [2.75, 3.05) is 11.1 Å². The Morgan fingerprint density at radius 1 is 1.02 bits per heavy atom. The Hall–Kier alpha value is -6.15. The molecule has 1 aromatic heterocycles. The van der Waals surface area contributed by atoms with Crippen molar-refractivity contribution in [1.29, 1.82) is 5.41 Å². The van der Waals surface area contributed by atoms with E-state index in [9.17, 15) is 40.7 Å². The number of carboxylic acid groups (broad SMARTS) is 2. The molecule has 1 aliphatic carbocycles. The minimum absolute atomic E-state index is 0.0346. The monoisotopic (exact) mass is 802 g/mol. The van der Waals surface area contributed by atoms with Crippen LogP contribution in [0, 0.1) is 5.41 Å². The van der Waals surface area contributed by atoms with Gasteiger partial charge in [-0.05, 0) is 50.5 Å². The molecule has 308 valence electrons. The van der Waals surface area contributed by atoms with Crippen molar-refractivity contribution < 1.29 is 55.7 Å². The number of carbonyl (C=O) groups excluding carboxylic acids is 2. The zero-order valence-electron chi connectivity index (χ0n) is 30.3. The molecule has 1 saturated carbocycles. The first-order chi connectivity index (χ1) is 26.2. The van der Waals surface area contributed by atoms with Gasteiger partial charge in [-0.15, -0.1) is 0 Å². The van der Waals surface area contributed by atoms with Crippen molar-refractivity contribution in [1.82, 2.24) is 20.2 Å². The number of aliphatic carboxylic acids is 1. The summed E-state index contributed by atoms with van der Waals surface area (Å²) in [5, 5.41) is 30.6. The molecule has 0 radical (unpaired) electrons. The van der Waals surface area contributed by atoms with Crippen LogP contribution >= 0.6 is 0 Å². The second-order valence-corrected chi connectivity index (χ2v) is 12.2. The largest absolute Gasteiger partial charge is 0.490 e. The van der Waals surface area contributed by atoms with Crippen LogP contribution in [0.1, 0.15) is 73.9 Å². The predicted octanol–water partition coefficient (Wildman–Crippen LogP) is 4.88. The molecular formula is C35H44F6N8O7. The smallest absolute Gasteiger partial charge is 0.483 e. The van der Waals surface area contributed by atoms with Gasteiger partial charge in [0.2, 0.25) is 5.91 Å². The van der Waals surface area contributed by atoms with Crippen LogP contribution in [0.15, 0.2) is 53.5 Å². The number of hydrogen-bond donors (Lipinski definition) is 8. The van der Waals surface area contributed by atoms with E-state index in [1.807, 2.05) is 13.8 Å². The highest BCUT2D eigenvalue weighted by Crippen LogP contribution is 2.24. The first kappa shape index (κ1) is 47.9. The lowest BCUT2D eigenvalue weighted by Gasteiger charge is -2.18. The molecule has 2 aromatic carbocycles. The van der Waals surface area contributed by atoms with Crippen LogP contribution in [0.2, 0.25) is 0 Å². The highest BCUT2D eigenvalue weighted by Gasteiger charge is 2.38. The van der Waals surface area contributed by atoms with E-state index in [-0.39, 0.29) is 55.1 Å². The molecule has 2 amide bonds. The average Bonchev–Trinajstić information content (AvgIpc) is 3.37. The number of amidine groups is 1. The second-order valence-electron chi connectivity index (χ2n) is 12.2. The number of anilines is 2. The normalized spacial score (nSPS) is 12.6. The number of alkyl halides is 6. The van der Waals surface area contributed by atoms with Gasteiger partial charge >= 0.3 is 18.8 Å². The predicted molar refractivity (Wildman–Crippen MR) is 195 cm³/mol. The molecule has 0 saturated heterocycles. The Bertz CT molecular complexity index is 1810. The third kappa shape index (κ3) is 17.8. The summed E-state index contributed by atoms with van der Waals surface area (Å²) in [4.78, 5) is 61.4. The number of aromatic nitrogens is 2. The maximum absolute atomic E-state index is 13.5. The zero-order valence-corrected chi connectivity index (χ0v) is 30.3. The summed E-state index contributed by atoms with van der Waals surface area (Å²) in [5.74, 6) is -3.27. The van der Waals surface area contributed by atoms with E-state index in [1.54, 1.807) is 42.5 Å². The van der Waals surface area contributed by atoms with E-state index >= 15 is 0 Å². The molecule has 21 heteroatoms. The number of nitrogens with zero attached hydrogens (tertiary/aromatic N) is 2. The molecule has 0 aliphatic heterocycles. The molecule has 0 unspecified atom stereocenters. The van der Waals surface area contributed by atoms with E-state index < -0.39 is 24.4 Å². The van der Waals surface area contributed by atoms with E-state index in [0.717, 1.165) is 31.2 Å². The van der Waals surface area contributed by atoms with Gasteiger partial charge in [-0.2, -0.15) is 26.3 Å². The number of carboxylic acids is 1. The van der Waals surface area contributed by atoms with Crippen LogP contribution in [0.3, 0.4) is 0 Å². The lowest BCUT2D eigenvalue weighted by atomic mass is 10.0. The fourth-order valence-electron chi connectivity index (χ4n) is 5.07. The Morgan fingerprint density at radius 3 is 2.04 bits per heavy atom. The summed E-state index contributed by atoms with van der Waals surface area (Å²) in [6.07, 6.45) is 2.87. The van der Waals surface area contributed by atoms with E-state index in [0.29, 0.717) is 28.1 Å². The van der Waals surface area contributed by atoms with Crippen LogP contribution in [0.4, 0.5) is 37.8 Å². The molecule has 15 nitrogen and oxygen atoms in total. The summed E-state index contributed by atoms with van der Waals surface area (Å²) in [6.45, 7) is -0.179. The number of rotatable bonds is 10. The first-order valence-electron chi connectivity index (χ1n) is 16.8. The van der Waals surface area contributed by atoms with Crippen molar-refractivity contribution in [3.05, 3.63) is 75.7 Å². The first-order valence-corrected chi connectivity index (χ1v) is 16.8. The minimum Gasteiger partial charge on any atom is -0.483 e. The van der Waals surface area contributed by atoms with Crippen LogP contribution in [0.25, 0.3) is 11.3 Å². The van der Waals surface area contributed by atoms with E-state index in [2.05, 4.69) is 20.9 Å². The molecule has 4 rings (SSSR count). The Morgan fingerprint density at radius 2 is 1.55 bits per heavy atom. The third-order valence-electron chi connectivity index (χ3n) is 7.48. The fraction of sp³-hybridized carbons (Fsp3) is 0.400. The summed E-state index contributed by atoms with van der Waals surface area (Å²) in [5.41, 5.74) is 14.3. The third-order valence-corrected chi connectivity index (χ3v) is 7.48. The Labute approximate surface area is 317 Å². The number of amides is 2. The Kier molecular flexibility index (Phi) is 20.2. The molecule has 0 spiro atoms. The zero-order chi connectivity index (χ0) is 42.6. The van der Waals surface area contributed by atoms with Gasteiger partial charge in [-0.3, -0.25) is 29.2 Å². The lowest BCUT2D eigenvalue weighted by molar-refractivity contribution is -0.192. The lowest BCUT2D eigenvalue weighted by Crippen LogP contribution is -2.35. The SMILES string of the molecule is CC(C)Nc1ncc(-c2cc(N)cc(C(=O)NC3CCCCCC3)c2)n(CC(=O)NCc2ccc(C(=N)N)cc2)c1=O.FC(F)F.O=C(O)C(F)(F)F.O=CO. The quantitative estimate of drug-likeness (QED) is 0.0342. The van der Waals surface area contributed by atoms with Crippen molar-refractivity contribution in [3.63, 3.8) is 0 Å². The van der Waals surface area contributed by atoms with Crippen molar-refractivity contribution in [2.24, 2.45) is 5.73 Å². The van der Waals surface area contributed by atoms with Gasteiger partial charge in [0, 0.05) is 41.0 Å². The molecule has 10 N–H and O–H groups in total. The van der Waals surface area contributed by atoms with Crippen LogP contribution in [0.5, 0.6) is 0 Å². The molecule has 1 fully saturated rings. The van der Waals surface area contributed by atoms with E-state index in [4.69, 9.17) is 36.7 Å². The highest BCUT2D eigenvalue weighted by atomic mass is 19.4. The molecule has 0 atom stereocenters. The molecule has 56 heavy (non-hydrogen) atoms. The summed E-state index contributed by atoms with van der Waals surface area (Å²) in [7, 11) is 0. The van der Waals surface area contributed by atoms with Gasteiger partial charge in [-0.1, -0.05) is 49.9 Å². The standard InChI is InChI=1S/C31H40N8O3.C2HF3O2.CHF3.CH2O2/c1-19(2)37-29-31(42)39(18-27(40)35-16-20-9-11-21(12-10-20)28(33)34)26(17-36-29)22-13-23(15-24(32)14-22)30(41)38-25-7-5-3-4-6-8-25;3-2(4,5)1(6)7;2-1(3)4;2-1-3/h9-15,17,19,25H,3-8,16,18,32H2,1-2H3,(H3,33,34)(H,35,40)(H,36,37)(H,38,41);(H,6,7);1H;1H,(H,2,3). The molecule has 3 aromatic rings. The Balaban J connectivity index is 0.000000961. The number of nitrogen functional groups attached to an aromatic ring is 2. The molecular weight excluding hydrogens is 758 g/mol. The number of carbonyl (C=O) groups is 4. The van der Waals surface area contributed by atoms with Crippen LogP contribution < -0.4 is 33.0 Å². The molecule has 1 heterocycles. The van der Waals surface area contributed by atoms with Crippen molar-refractivity contribution in [3.8, 4) is 11.3 Å². The van der Waals surface area contributed by atoms with Gasteiger partial charge in [0.15, 0.2) is 5.82 Å². The topological polar surface area (TPSA) is 256 Å². The minimum atomic E-state index is -5.08. The van der Waals surface area contributed by atoms with Gasteiger partial charge in [0.25, 0.3) is 17.9 Å². The van der Waals surface area contributed by atoms with Crippen molar-refractivity contribution >= 4 is 41.6 Å². The van der Waals surface area contributed by atoms with Crippen LogP contribution in [-0.2, 0) is 27.5 Å². The average molecular weight is 803 g/mol. The fourth-order valence-corrected chi connectivity index (χ4v) is 5.07. The maximum Gasteiger partial charge on any atom is 0.490 e. The number of halogens is 6. The van der Waals surface area contributed by atoms with Gasteiger partial charge in [0.1, 0.15) is 12.4 Å². The molecule has 0 bridgehead atoms. The maximum atomic E-state index is 13.5. The highest BCUT2D eigenvalue weighted by molar-refractivity contribution is 5.97. The van der Waals surface area contributed by atoms with Gasteiger partial charge in [-0.25, -0.2) is 9.78 Å². The summed E-state index contributed by atoms with van der Waals surface area (Å²) < 4.78 is 62.1.